The average Bonchev–Trinajstić information content (AvgIpc) is 2.57. The zero-order valence-electron chi connectivity index (χ0n) is 6.27. The van der Waals surface area contributed by atoms with E-state index < -0.39 is 0 Å². The van der Waals surface area contributed by atoms with E-state index in [0.717, 1.165) is 5.84 Å². The van der Waals surface area contributed by atoms with E-state index >= 15 is 0 Å². The number of amidine groups is 1. The Morgan fingerprint density at radius 1 is 1.83 bits per heavy atom. The Balaban J connectivity index is 1.79. The van der Waals surface area contributed by atoms with Crippen molar-refractivity contribution >= 4 is 11.9 Å². The van der Waals surface area contributed by atoms with E-state index in [1.165, 1.54) is 0 Å². The third-order valence-corrected chi connectivity index (χ3v) is 2.76. The molecule has 0 saturated carbocycles. The van der Waals surface area contributed by atoms with Crippen LogP contribution in [0.3, 0.4) is 0 Å². The van der Waals surface area contributed by atoms with Crippen LogP contribution in [0.25, 0.3) is 0 Å². The summed E-state index contributed by atoms with van der Waals surface area (Å²) in [6.45, 7) is 0. The Bertz CT molecular complexity index is 348. The fraction of sp³-hybridized carbons (Fsp3) is 0.600. The molecule has 0 aromatic heterocycles. The van der Waals surface area contributed by atoms with Crippen LogP contribution >= 0.6 is 0 Å². The van der Waals surface area contributed by atoms with Crippen molar-refractivity contribution < 1.29 is 4.79 Å². The van der Waals surface area contributed by atoms with Crippen molar-refractivity contribution in [3.05, 3.63) is 0 Å². The van der Waals surface area contributed by atoms with Crippen LogP contribution in [0.2, 0.25) is 0 Å². The van der Waals surface area contributed by atoms with Crippen molar-refractivity contribution in [3.8, 4) is 0 Å². The molecule has 7 heteroatoms. The van der Waals surface area contributed by atoms with Crippen LogP contribution in [0.4, 0.5) is 4.79 Å². The topological polar surface area (TPSA) is 72.9 Å². The number of carbonyl (C=O) groups excluding carboxylic acids is 1. The molecule has 4 aliphatic rings. The molecular formula is C5H6N6O. The molecule has 3 saturated heterocycles. The first kappa shape index (κ1) is 5.20. The minimum atomic E-state index is -0.389. The van der Waals surface area contributed by atoms with Crippen LogP contribution in [-0.2, 0) is 0 Å². The van der Waals surface area contributed by atoms with Crippen LogP contribution in [0, 0.1) is 0 Å². The van der Waals surface area contributed by atoms with Crippen molar-refractivity contribution in [3.63, 3.8) is 0 Å². The van der Waals surface area contributed by atoms with E-state index in [9.17, 15) is 4.79 Å². The first-order chi connectivity index (χ1) is 5.80. The molecule has 4 heterocycles. The van der Waals surface area contributed by atoms with E-state index in [-0.39, 0.29) is 18.1 Å². The van der Waals surface area contributed by atoms with Crippen LogP contribution in [-0.4, -0.2) is 45.9 Å². The highest BCUT2D eigenvalue weighted by Gasteiger charge is 2.90. The highest BCUT2D eigenvalue weighted by atomic mass is 16.2. The van der Waals surface area contributed by atoms with E-state index in [4.69, 9.17) is 0 Å². The molecule has 2 unspecified atom stereocenters. The minimum absolute atomic E-state index is 0.0591. The molecule has 2 amide bonds. The van der Waals surface area contributed by atoms with Gasteiger partial charge in [0.25, 0.3) is 0 Å². The van der Waals surface area contributed by atoms with Gasteiger partial charge in [-0.05, 0) is 0 Å². The average molecular weight is 166 g/mol. The lowest BCUT2D eigenvalue weighted by atomic mass is 10.2. The van der Waals surface area contributed by atoms with Gasteiger partial charge in [-0.2, -0.15) is 10.5 Å². The third-order valence-electron chi connectivity index (χ3n) is 2.76. The summed E-state index contributed by atoms with van der Waals surface area (Å²) < 4.78 is 0. The Kier molecular flexibility index (Phi) is 0.457. The molecule has 12 heavy (non-hydrogen) atoms. The predicted octanol–water partition coefficient (Wildman–Crippen LogP) is -1.96. The largest absolute Gasteiger partial charge is 0.341 e. The lowest BCUT2D eigenvalue weighted by Crippen LogP contribution is -2.78. The number of amides is 2. The molecule has 4 rings (SSSR count). The molecule has 2 N–H and O–H groups in total. The van der Waals surface area contributed by atoms with Gasteiger partial charge in [-0.25, -0.2) is 19.7 Å². The van der Waals surface area contributed by atoms with Crippen LogP contribution < -0.4 is 10.7 Å². The van der Waals surface area contributed by atoms with Gasteiger partial charge in [0, 0.05) is 7.05 Å². The molecule has 2 atom stereocenters. The molecular weight excluding hydrogens is 160 g/mol. The molecule has 0 aromatic rings. The van der Waals surface area contributed by atoms with Gasteiger partial charge >= 0.3 is 11.9 Å². The van der Waals surface area contributed by atoms with E-state index in [0.29, 0.717) is 0 Å². The Morgan fingerprint density at radius 3 is 3.08 bits per heavy atom. The number of fused-ring (bicyclic) bond motifs is 1. The SMILES string of the molecule is CNC(=O)N1C2C3=NN2C12NN32. The number of hydrogen-bond donors (Lipinski definition) is 2. The van der Waals surface area contributed by atoms with Gasteiger partial charge in [-0.1, -0.05) is 0 Å². The summed E-state index contributed by atoms with van der Waals surface area (Å²) in [5.74, 6) is 0.568. The lowest BCUT2D eigenvalue weighted by molar-refractivity contribution is -0.139. The number of carbonyl (C=O) groups is 1. The first-order valence-corrected chi connectivity index (χ1v) is 3.77. The maximum atomic E-state index is 11.3. The van der Waals surface area contributed by atoms with Crippen molar-refractivity contribution in [1.29, 1.82) is 0 Å². The summed E-state index contributed by atoms with van der Waals surface area (Å²) in [7, 11) is 1.63. The number of hydrazone groups is 1. The first-order valence-electron chi connectivity index (χ1n) is 3.77. The second-order valence-corrected chi connectivity index (χ2v) is 3.18. The third kappa shape index (κ3) is 0.231. The maximum Gasteiger partial charge on any atom is 0.323 e. The Hall–Kier alpha value is -1.50. The van der Waals surface area contributed by atoms with Gasteiger partial charge in [0.15, 0.2) is 12.0 Å². The van der Waals surface area contributed by atoms with Crippen molar-refractivity contribution in [2.45, 2.75) is 12.1 Å². The molecule has 0 aliphatic carbocycles. The minimum Gasteiger partial charge on any atom is -0.341 e. The summed E-state index contributed by atoms with van der Waals surface area (Å²) in [5.41, 5.74) is 3.07. The van der Waals surface area contributed by atoms with Gasteiger partial charge in [0.1, 0.15) is 0 Å². The van der Waals surface area contributed by atoms with Crippen molar-refractivity contribution in [2.24, 2.45) is 5.10 Å². The lowest BCUT2D eigenvalue weighted by Gasteiger charge is -2.51. The second kappa shape index (κ2) is 1.06. The highest BCUT2D eigenvalue weighted by molar-refractivity contribution is 6.03. The van der Waals surface area contributed by atoms with E-state index in [1.807, 2.05) is 10.0 Å². The molecule has 3 fully saturated rings. The molecule has 62 valence electrons. The second-order valence-electron chi connectivity index (χ2n) is 3.18. The van der Waals surface area contributed by atoms with Crippen LogP contribution in [0.5, 0.6) is 0 Å². The number of rotatable bonds is 0. The van der Waals surface area contributed by atoms with Gasteiger partial charge in [-0.3, -0.25) is 0 Å². The molecule has 0 radical (unpaired) electrons. The molecule has 4 bridgehead atoms. The highest BCUT2D eigenvalue weighted by Crippen LogP contribution is 2.60. The monoisotopic (exact) mass is 166 g/mol. The van der Waals surface area contributed by atoms with Crippen LogP contribution in [0.1, 0.15) is 0 Å². The number of urea groups is 1. The summed E-state index contributed by atoms with van der Waals surface area (Å²) in [6.07, 6.45) is 0.103. The summed E-state index contributed by atoms with van der Waals surface area (Å²) in [5, 5.41) is 10.5. The van der Waals surface area contributed by atoms with Crippen LogP contribution in [0.15, 0.2) is 5.10 Å². The van der Waals surface area contributed by atoms with Gasteiger partial charge in [-0.15, -0.1) is 0 Å². The molecule has 7 nitrogen and oxygen atoms in total. The van der Waals surface area contributed by atoms with Gasteiger partial charge in [0.2, 0.25) is 0 Å². The number of nitrogens with one attached hydrogen (secondary N) is 2. The molecule has 4 aliphatic heterocycles. The van der Waals surface area contributed by atoms with Gasteiger partial charge < -0.3 is 5.32 Å². The number of hydrogen-bond acceptors (Lipinski definition) is 5. The number of hydrazine groups is 1. The molecule has 1 spiro atoms. The van der Waals surface area contributed by atoms with Crippen molar-refractivity contribution in [2.75, 3.05) is 7.05 Å². The summed E-state index contributed by atoms with van der Waals surface area (Å²) >= 11 is 0. The quantitative estimate of drug-likeness (QED) is 0.410. The Labute approximate surface area is 67.6 Å². The molecule has 0 aromatic carbocycles. The maximum absolute atomic E-state index is 11.3. The fourth-order valence-electron chi connectivity index (χ4n) is 2.15. The number of nitrogens with zero attached hydrogens (tertiary/aromatic N) is 4. The smallest absolute Gasteiger partial charge is 0.323 e. The van der Waals surface area contributed by atoms with Gasteiger partial charge in [0.05, 0.1) is 0 Å². The normalized spacial score (nSPS) is 42.9. The van der Waals surface area contributed by atoms with E-state index in [1.54, 1.807) is 11.9 Å². The van der Waals surface area contributed by atoms with Crippen molar-refractivity contribution in [1.82, 2.24) is 25.7 Å². The standard InChI is InChI=1S/C5H6N6O/c1-6-4(12)9-3-2-7-11(3)5(9)8-10(2)5/h3,8H,1H3,(H,6,12). The summed E-state index contributed by atoms with van der Waals surface area (Å²) in [6, 6.07) is -0.0591. The fourth-order valence-corrected chi connectivity index (χ4v) is 2.15. The van der Waals surface area contributed by atoms with E-state index in [2.05, 4.69) is 15.8 Å². The predicted molar refractivity (Wildman–Crippen MR) is 37.1 cm³/mol. The summed E-state index contributed by atoms with van der Waals surface area (Å²) in [4.78, 5) is 13.1. The zero-order valence-corrected chi connectivity index (χ0v) is 6.27. The zero-order chi connectivity index (χ0) is 8.09. The Morgan fingerprint density at radius 2 is 2.67 bits per heavy atom.